The van der Waals surface area contributed by atoms with E-state index in [1.54, 1.807) is 12.1 Å². The molecule has 2 aromatic carbocycles. The monoisotopic (exact) mass is 526 g/mol. The van der Waals surface area contributed by atoms with Gasteiger partial charge < -0.3 is 15.5 Å². The summed E-state index contributed by atoms with van der Waals surface area (Å²) in [6, 6.07) is 11.8. The van der Waals surface area contributed by atoms with E-state index in [9.17, 15) is 27.9 Å². The van der Waals surface area contributed by atoms with Crippen molar-refractivity contribution in [3.8, 4) is 0 Å². The minimum Gasteiger partial charge on any atom is -0.481 e. The number of hydrogen-bond acceptors (Lipinski definition) is 4. The number of aliphatic hydroxyl groups is 1. The minimum atomic E-state index is -5.08. The van der Waals surface area contributed by atoms with Crippen molar-refractivity contribution in [3.05, 3.63) is 93.2 Å². The van der Waals surface area contributed by atoms with E-state index in [0.717, 1.165) is 18.3 Å². The van der Waals surface area contributed by atoms with E-state index in [4.69, 9.17) is 28.3 Å². The van der Waals surface area contributed by atoms with E-state index in [2.05, 4.69) is 10.3 Å². The number of carbonyl (C=O) groups is 2. The molecule has 0 spiro atoms. The first kappa shape index (κ1) is 26.5. The number of aliphatic carboxylic acids is 1. The second-order valence-electron chi connectivity index (χ2n) is 7.81. The van der Waals surface area contributed by atoms with Gasteiger partial charge in [0.15, 0.2) is 5.60 Å². The van der Waals surface area contributed by atoms with Gasteiger partial charge in [-0.25, -0.2) is 4.98 Å². The molecule has 0 aliphatic carbocycles. The fraction of sp³-hybridized carbons (Fsp3) is 0.208. The first-order chi connectivity index (χ1) is 16.3. The quantitative estimate of drug-likeness (QED) is 0.337. The summed E-state index contributed by atoms with van der Waals surface area (Å²) in [7, 11) is 0. The summed E-state index contributed by atoms with van der Waals surface area (Å²) in [5, 5.41) is 21.9. The van der Waals surface area contributed by atoms with Crippen LogP contribution in [0.4, 0.5) is 18.9 Å². The Bertz CT molecular complexity index is 1250. The predicted molar refractivity (Wildman–Crippen MR) is 125 cm³/mol. The van der Waals surface area contributed by atoms with Crippen molar-refractivity contribution in [3.63, 3.8) is 0 Å². The average molecular weight is 527 g/mol. The van der Waals surface area contributed by atoms with E-state index in [0.29, 0.717) is 11.3 Å². The molecular weight excluding hydrogens is 508 g/mol. The standard InChI is InChI=1S/C24H19Cl2F3N2O4/c1-13(23(35,24(27,28)29)16-8-9-30-20(26)12-16)18-7-4-15(11-19(18)25)22(34)31-17-5-2-14(3-6-17)10-21(32)33/h2-9,11-13,35H,10H2,1H3,(H,31,34)(H,32,33). The van der Waals surface area contributed by atoms with Crippen LogP contribution >= 0.6 is 23.2 Å². The van der Waals surface area contributed by atoms with Crippen LogP contribution in [0, 0.1) is 0 Å². The lowest BCUT2D eigenvalue weighted by Gasteiger charge is -2.37. The first-order valence-electron chi connectivity index (χ1n) is 10.2. The van der Waals surface area contributed by atoms with E-state index in [1.807, 2.05) is 0 Å². The summed E-state index contributed by atoms with van der Waals surface area (Å²) < 4.78 is 42.3. The lowest BCUT2D eigenvalue weighted by molar-refractivity contribution is -0.274. The smallest absolute Gasteiger partial charge is 0.422 e. The van der Waals surface area contributed by atoms with Crippen LogP contribution in [0.1, 0.15) is 39.9 Å². The molecule has 2 atom stereocenters. The fourth-order valence-corrected chi connectivity index (χ4v) is 4.15. The lowest BCUT2D eigenvalue weighted by atomic mass is 9.78. The molecule has 0 fully saturated rings. The number of benzene rings is 2. The summed E-state index contributed by atoms with van der Waals surface area (Å²) in [4.78, 5) is 27.0. The first-order valence-corrected chi connectivity index (χ1v) is 10.9. The topological polar surface area (TPSA) is 99.5 Å². The van der Waals surface area contributed by atoms with Gasteiger partial charge in [-0.15, -0.1) is 0 Å². The van der Waals surface area contributed by atoms with Crippen LogP contribution in [-0.4, -0.2) is 33.2 Å². The number of carboxylic acid groups (broad SMARTS) is 1. The van der Waals surface area contributed by atoms with Gasteiger partial charge in [-0.3, -0.25) is 9.59 Å². The van der Waals surface area contributed by atoms with Gasteiger partial charge in [0.2, 0.25) is 0 Å². The third kappa shape index (κ3) is 5.75. The molecule has 0 radical (unpaired) electrons. The Morgan fingerprint density at radius 3 is 2.26 bits per heavy atom. The SMILES string of the molecule is CC(c1ccc(C(=O)Nc2ccc(CC(=O)O)cc2)cc1Cl)C(O)(c1ccnc(Cl)c1)C(F)(F)F. The molecule has 0 saturated heterocycles. The van der Waals surface area contributed by atoms with Crippen molar-refractivity contribution in [2.24, 2.45) is 0 Å². The molecule has 1 amide bonds. The van der Waals surface area contributed by atoms with Crippen molar-refractivity contribution >= 4 is 40.8 Å². The molecule has 3 rings (SSSR count). The van der Waals surface area contributed by atoms with Gasteiger partial charge in [-0.1, -0.05) is 48.3 Å². The Morgan fingerprint density at radius 1 is 1.06 bits per heavy atom. The molecule has 1 aromatic heterocycles. The van der Waals surface area contributed by atoms with E-state index >= 15 is 0 Å². The minimum absolute atomic E-state index is 0.0333. The number of aromatic nitrogens is 1. The number of nitrogens with zero attached hydrogens (tertiary/aromatic N) is 1. The maximum atomic E-state index is 14.1. The highest BCUT2D eigenvalue weighted by molar-refractivity contribution is 6.32. The van der Waals surface area contributed by atoms with Gasteiger partial charge in [0, 0.05) is 28.4 Å². The Morgan fingerprint density at radius 2 is 1.71 bits per heavy atom. The number of amides is 1. The van der Waals surface area contributed by atoms with Crippen LogP contribution in [0.5, 0.6) is 0 Å². The van der Waals surface area contributed by atoms with Crippen LogP contribution in [0.15, 0.2) is 60.8 Å². The zero-order chi connectivity index (χ0) is 26.0. The van der Waals surface area contributed by atoms with E-state index in [1.165, 1.54) is 37.3 Å². The van der Waals surface area contributed by atoms with E-state index in [-0.39, 0.29) is 27.7 Å². The average Bonchev–Trinajstić information content (AvgIpc) is 2.78. The highest BCUT2D eigenvalue weighted by atomic mass is 35.5. The molecule has 1 heterocycles. The van der Waals surface area contributed by atoms with Crippen molar-refractivity contribution in [1.82, 2.24) is 4.98 Å². The highest BCUT2D eigenvalue weighted by Gasteiger charge is 2.59. The second-order valence-corrected chi connectivity index (χ2v) is 8.61. The van der Waals surface area contributed by atoms with Crippen LogP contribution in [0.25, 0.3) is 0 Å². The maximum absolute atomic E-state index is 14.1. The Hall–Kier alpha value is -3.14. The number of rotatable bonds is 7. The van der Waals surface area contributed by atoms with Gasteiger partial charge in [0.05, 0.1) is 6.42 Å². The number of hydrogen-bond donors (Lipinski definition) is 3. The number of carboxylic acids is 1. The summed E-state index contributed by atoms with van der Waals surface area (Å²) in [5.74, 6) is -3.13. The molecule has 11 heteroatoms. The molecule has 35 heavy (non-hydrogen) atoms. The molecule has 0 bridgehead atoms. The molecule has 184 valence electrons. The van der Waals surface area contributed by atoms with Crippen molar-refractivity contribution < 1.29 is 33.0 Å². The Balaban J connectivity index is 1.87. The third-order valence-corrected chi connectivity index (χ3v) is 6.06. The molecule has 3 N–H and O–H groups in total. The predicted octanol–water partition coefficient (Wildman–Crippen LogP) is 5.82. The van der Waals surface area contributed by atoms with Crippen LogP contribution in [-0.2, 0) is 16.8 Å². The number of nitrogens with one attached hydrogen (secondary N) is 1. The Kier molecular flexibility index (Phi) is 7.74. The molecule has 3 aromatic rings. The number of carbonyl (C=O) groups excluding carboxylic acids is 1. The second kappa shape index (κ2) is 10.2. The van der Waals surface area contributed by atoms with Gasteiger partial charge in [0.25, 0.3) is 5.91 Å². The fourth-order valence-electron chi connectivity index (χ4n) is 3.63. The van der Waals surface area contributed by atoms with Gasteiger partial charge in [-0.2, -0.15) is 13.2 Å². The van der Waals surface area contributed by atoms with Gasteiger partial charge in [-0.05, 0) is 53.1 Å². The van der Waals surface area contributed by atoms with E-state index < -0.39 is 35.1 Å². The number of halogens is 5. The van der Waals surface area contributed by atoms with Crippen molar-refractivity contribution in [2.75, 3.05) is 5.32 Å². The summed E-state index contributed by atoms with van der Waals surface area (Å²) >= 11 is 12.0. The summed E-state index contributed by atoms with van der Waals surface area (Å²) in [6.45, 7) is 1.17. The lowest BCUT2D eigenvalue weighted by Crippen LogP contribution is -2.46. The summed E-state index contributed by atoms with van der Waals surface area (Å²) in [6.07, 6.45) is -4.19. The number of pyridine rings is 1. The molecule has 0 saturated carbocycles. The molecule has 0 aliphatic rings. The Labute approximate surface area is 208 Å². The summed E-state index contributed by atoms with van der Waals surface area (Å²) in [5.41, 5.74) is -2.85. The number of alkyl halides is 3. The molecule has 6 nitrogen and oxygen atoms in total. The van der Waals surface area contributed by atoms with Gasteiger partial charge >= 0.3 is 12.1 Å². The van der Waals surface area contributed by atoms with Gasteiger partial charge in [0.1, 0.15) is 5.15 Å². The molecule has 0 aliphatic heterocycles. The van der Waals surface area contributed by atoms with Crippen LogP contribution < -0.4 is 5.32 Å². The number of anilines is 1. The van der Waals surface area contributed by atoms with Crippen molar-refractivity contribution in [2.45, 2.75) is 31.0 Å². The largest absolute Gasteiger partial charge is 0.481 e. The molecule has 2 unspecified atom stereocenters. The maximum Gasteiger partial charge on any atom is 0.422 e. The molecular formula is C24H19Cl2F3N2O4. The van der Waals surface area contributed by atoms with Crippen LogP contribution in [0.3, 0.4) is 0 Å². The third-order valence-electron chi connectivity index (χ3n) is 5.52. The van der Waals surface area contributed by atoms with Crippen LogP contribution in [0.2, 0.25) is 10.2 Å². The normalized spacial score (nSPS) is 14.1. The zero-order valence-electron chi connectivity index (χ0n) is 18.1. The highest BCUT2D eigenvalue weighted by Crippen LogP contribution is 2.50. The van der Waals surface area contributed by atoms with Crippen molar-refractivity contribution in [1.29, 1.82) is 0 Å². The zero-order valence-corrected chi connectivity index (χ0v) is 19.6.